The molecular formula is C17H14N2O5. The summed E-state index contributed by atoms with van der Waals surface area (Å²) in [7, 11) is 0. The summed E-state index contributed by atoms with van der Waals surface area (Å²) in [6.07, 6.45) is 0. The quantitative estimate of drug-likeness (QED) is 0.504. The van der Waals surface area contributed by atoms with Gasteiger partial charge in [-0.15, -0.1) is 0 Å². The lowest BCUT2D eigenvalue weighted by Crippen LogP contribution is -2.21. The molecule has 0 amide bonds. The van der Waals surface area contributed by atoms with E-state index in [4.69, 9.17) is 4.42 Å². The molecule has 0 saturated heterocycles. The van der Waals surface area contributed by atoms with Crippen molar-refractivity contribution in [3.63, 3.8) is 0 Å². The van der Waals surface area contributed by atoms with Crippen molar-refractivity contribution in [1.82, 2.24) is 9.97 Å². The Bertz CT molecular complexity index is 1080. The Hall–Kier alpha value is -3.35. The molecule has 0 aliphatic rings. The predicted molar refractivity (Wildman–Crippen MR) is 88.8 cm³/mol. The maximum Gasteiger partial charge on any atom is 0.328 e. The molecule has 2 aromatic heterocycles. The molecule has 7 heteroatoms. The van der Waals surface area contributed by atoms with E-state index in [9.17, 15) is 19.5 Å². The van der Waals surface area contributed by atoms with Crippen molar-refractivity contribution in [3.8, 4) is 11.1 Å². The molecule has 24 heavy (non-hydrogen) atoms. The first kappa shape index (κ1) is 15.5. The summed E-state index contributed by atoms with van der Waals surface area (Å²) in [5.74, 6) is -0.626. The van der Waals surface area contributed by atoms with Crippen molar-refractivity contribution in [2.45, 2.75) is 13.8 Å². The molecular weight excluding hydrogens is 312 g/mol. The minimum absolute atomic E-state index is 0.0380. The Balaban J connectivity index is 2.53. The van der Waals surface area contributed by atoms with Crippen molar-refractivity contribution < 1.29 is 14.3 Å². The largest absolute Gasteiger partial charge is 0.512 e. The van der Waals surface area contributed by atoms with E-state index >= 15 is 0 Å². The molecule has 122 valence electrons. The number of aliphatic hydroxyl groups is 1. The van der Waals surface area contributed by atoms with Gasteiger partial charge in [0.05, 0.1) is 5.57 Å². The maximum absolute atomic E-state index is 12.3. The summed E-state index contributed by atoms with van der Waals surface area (Å²) < 4.78 is 5.59. The summed E-state index contributed by atoms with van der Waals surface area (Å²) in [5, 5.41) is 10.0. The lowest BCUT2D eigenvalue weighted by Gasteiger charge is -2.06. The number of furan rings is 1. The van der Waals surface area contributed by atoms with E-state index in [0.29, 0.717) is 11.1 Å². The second-order valence-corrected chi connectivity index (χ2v) is 5.30. The molecule has 1 aromatic carbocycles. The van der Waals surface area contributed by atoms with E-state index < -0.39 is 17.0 Å². The third-order valence-electron chi connectivity index (χ3n) is 3.59. The summed E-state index contributed by atoms with van der Waals surface area (Å²) in [6.45, 7) is 2.63. The van der Waals surface area contributed by atoms with Gasteiger partial charge in [-0.05, 0) is 19.4 Å². The third kappa shape index (κ3) is 2.45. The number of allylic oxidation sites excluding steroid dienone is 2. The Morgan fingerprint density at radius 3 is 2.33 bits per heavy atom. The van der Waals surface area contributed by atoms with E-state index in [0.717, 1.165) is 0 Å². The number of carbonyl (C=O) groups excluding carboxylic acids is 1. The minimum atomic E-state index is -0.721. The molecule has 0 bridgehead atoms. The summed E-state index contributed by atoms with van der Waals surface area (Å²) >= 11 is 0. The number of H-pyrrole nitrogens is 2. The van der Waals surface area contributed by atoms with Crippen molar-refractivity contribution in [2.75, 3.05) is 0 Å². The number of fused-ring (bicyclic) bond motifs is 1. The third-order valence-corrected chi connectivity index (χ3v) is 3.59. The second-order valence-electron chi connectivity index (χ2n) is 5.30. The monoisotopic (exact) mass is 326 g/mol. The van der Waals surface area contributed by atoms with Gasteiger partial charge in [0.1, 0.15) is 11.1 Å². The van der Waals surface area contributed by atoms with E-state index in [1.54, 1.807) is 30.3 Å². The van der Waals surface area contributed by atoms with Crippen LogP contribution in [0, 0.1) is 0 Å². The van der Waals surface area contributed by atoms with Gasteiger partial charge >= 0.3 is 5.69 Å². The van der Waals surface area contributed by atoms with Gasteiger partial charge < -0.3 is 9.52 Å². The van der Waals surface area contributed by atoms with Gasteiger partial charge in [0.25, 0.3) is 5.56 Å². The summed E-state index contributed by atoms with van der Waals surface area (Å²) in [5.41, 5.74) is -0.518. The van der Waals surface area contributed by atoms with Crippen LogP contribution in [0.1, 0.15) is 19.6 Å². The molecule has 3 aromatic rings. The highest BCUT2D eigenvalue weighted by molar-refractivity contribution is 6.22. The van der Waals surface area contributed by atoms with Crippen LogP contribution in [0.3, 0.4) is 0 Å². The minimum Gasteiger partial charge on any atom is -0.512 e. The number of rotatable bonds is 3. The molecule has 7 nitrogen and oxygen atoms in total. The lowest BCUT2D eigenvalue weighted by atomic mass is 9.97. The Morgan fingerprint density at radius 2 is 1.75 bits per heavy atom. The average molecular weight is 326 g/mol. The van der Waals surface area contributed by atoms with Crippen molar-refractivity contribution >= 4 is 22.5 Å². The van der Waals surface area contributed by atoms with Crippen LogP contribution in [-0.4, -0.2) is 20.9 Å². The van der Waals surface area contributed by atoms with Crippen LogP contribution in [0.4, 0.5) is 0 Å². The molecule has 0 unspecified atom stereocenters. The number of benzene rings is 1. The zero-order valence-corrected chi connectivity index (χ0v) is 13.0. The van der Waals surface area contributed by atoms with Crippen LogP contribution in [0.5, 0.6) is 0 Å². The number of hydrogen-bond donors (Lipinski definition) is 3. The maximum atomic E-state index is 12.3. The predicted octanol–water partition coefficient (Wildman–Crippen LogP) is 2.35. The van der Waals surface area contributed by atoms with Gasteiger partial charge in [0, 0.05) is 5.56 Å². The number of ketones is 1. The van der Waals surface area contributed by atoms with Crippen LogP contribution in [0.2, 0.25) is 0 Å². The van der Waals surface area contributed by atoms with Crippen molar-refractivity contribution in [3.05, 3.63) is 62.7 Å². The molecule has 0 aliphatic carbocycles. The molecule has 0 atom stereocenters. The van der Waals surface area contributed by atoms with Crippen LogP contribution in [0.25, 0.3) is 27.8 Å². The van der Waals surface area contributed by atoms with Crippen LogP contribution in [0.15, 0.2) is 50.1 Å². The van der Waals surface area contributed by atoms with Crippen LogP contribution >= 0.6 is 0 Å². The number of carbonyl (C=O) groups is 1. The molecule has 3 N–H and O–H groups in total. The number of aromatic amines is 2. The highest BCUT2D eigenvalue weighted by Crippen LogP contribution is 2.36. The van der Waals surface area contributed by atoms with Gasteiger partial charge in [-0.3, -0.25) is 19.6 Å². The fourth-order valence-corrected chi connectivity index (χ4v) is 2.67. The molecule has 0 fully saturated rings. The van der Waals surface area contributed by atoms with Gasteiger partial charge in [0.2, 0.25) is 5.71 Å². The first-order valence-corrected chi connectivity index (χ1v) is 7.15. The van der Waals surface area contributed by atoms with Gasteiger partial charge in [-0.25, -0.2) is 4.79 Å². The first-order chi connectivity index (χ1) is 11.4. The summed E-state index contributed by atoms with van der Waals surface area (Å²) in [4.78, 5) is 40.3. The zero-order valence-electron chi connectivity index (χ0n) is 13.0. The normalized spacial score (nSPS) is 12.2. The van der Waals surface area contributed by atoms with Crippen LogP contribution < -0.4 is 11.2 Å². The average Bonchev–Trinajstić information content (AvgIpc) is 2.86. The standard InChI is InChI=1S/C17H14N2O5/c1-8(20)11(9(2)21)14-12(10-6-4-3-5-7-10)13-15(22)18-17(23)19-16(13)24-14/h3-7,20H,1-2H3,(H2,18,19,22,23)/b11-8-. The van der Waals surface area contributed by atoms with E-state index in [1.165, 1.54) is 13.8 Å². The van der Waals surface area contributed by atoms with Crippen molar-refractivity contribution in [1.29, 1.82) is 0 Å². The summed E-state index contributed by atoms with van der Waals surface area (Å²) in [6, 6.07) is 8.81. The Kier molecular flexibility index (Phi) is 3.69. The number of nitrogens with one attached hydrogen (secondary N) is 2. The Labute approximate surface area is 135 Å². The highest BCUT2D eigenvalue weighted by Gasteiger charge is 2.26. The fourth-order valence-electron chi connectivity index (χ4n) is 2.67. The number of hydrogen-bond acceptors (Lipinski definition) is 5. The number of Topliss-reactive ketones (excluding diaryl/α,β-unsaturated/α-hetero) is 1. The van der Waals surface area contributed by atoms with E-state index in [2.05, 4.69) is 9.97 Å². The van der Waals surface area contributed by atoms with Crippen molar-refractivity contribution in [2.24, 2.45) is 0 Å². The molecule has 3 rings (SSSR count). The van der Waals surface area contributed by atoms with E-state index in [1.807, 2.05) is 0 Å². The smallest absolute Gasteiger partial charge is 0.328 e. The zero-order chi connectivity index (χ0) is 17.4. The topological polar surface area (TPSA) is 116 Å². The highest BCUT2D eigenvalue weighted by atomic mass is 16.3. The van der Waals surface area contributed by atoms with Crippen LogP contribution in [-0.2, 0) is 4.79 Å². The lowest BCUT2D eigenvalue weighted by molar-refractivity contribution is -0.112. The van der Waals surface area contributed by atoms with Gasteiger partial charge in [-0.2, -0.15) is 0 Å². The van der Waals surface area contributed by atoms with E-state index in [-0.39, 0.29) is 28.2 Å². The first-order valence-electron chi connectivity index (χ1n) is 7.15. The van der Waals surface area contributed by atoms with Gasteiger partial charge in [-0.1, -0.05) is 30.3 Å². The molecule has 0 aliphatic heterocycles. The molecule has 2 heterocycles. The van der Waals surface area contributed by atoms with Gasteiger partial charge in [0.15, 0.2) is 11.5 Å². The number of aromatic nitrogens is 2. The fraction of sp³-hybridized carbons (Fsp3) is 0.118. The molecule has 0 radical (unpaired) electrons. The molecule has 0 spiro atoms. The molecule has 0 saturated carbocycles. The SMILES string of the molecule is CC(=O)/C(=C(\C)O)c1oc2[nH]c(=O)[nH]c(=O)c2c1-c1ccccc1. The second kappa shape index (κ2) is 5.69. The number of aliphatic hydroxyl groups excluding tert-OH is 1. The Morgan fingerprint density at radius 1 is 1.08 bits per heavy atom.